The molecule has 3 aliphatic heterocycles. The smallest absolute Gasteiger partial charge is 0.231 e. The Balaban J connectivity index is 1.41. The maximum Gasteiger partial charge on any atom is 0.231 e. The topological polar surface area (TPSA) is 75.6 Å². The van der Waals surface area contributed by atoms with Crippen molar-refractivity contribution in [3.8, 4) is 28.7 Å². The van der Waals surface area contributed by atoms with Crippen LogP contribution in [-0.4, -0.2) is 39.3 Å². The van der Waals surface area contributed by atoms with Crippen molar-refractivity contribution >= 4 is 0 Å². The van der Waals surface area contributed by atoms with Crippen LogP contribution in [0.15, 0.2) is 30.3 Å². The summed E-state index contributed by atoms with van der Waals surface area (Å²) in [4.78, 5) is 0. The van der Waals surface area contributed by atoms with E-state index < -0.39 is 0 Å². The van der Waals surface area contributed by atoms with Gasteiger partial charge in [0.25, 0.3) is 0 Å². The third kappa shape index (κ3) is 2.65. The highest BCUT2D eigenvalue weighted by Crippen LogP contribution is 2.52. The number of ether oxygens (including phenoxy) is 6. The molecule has 7 heteroatoms. The van der Waals surface area contributed by atoms with Crippen molar-refractivity contribution in [3.05, 3.63) is 41.5 Å². The van der Waals surface area contributed by atoms with Gasteiger partial charge in [0.15, 0.2) is 23.0 Å². The summed E-state index contributed by atoms with van der Waals surface area (Å²) >= 11 is 0. The van der Waals surface area contributed by atoms with Gasteiger partial charge in [0, 0.05) is 11.8 Å². The Morgan fingerprint density at radius 3 is 2.29 bits per heavy atom. The maximum atomic E-state index is 10.3. The lowest BCUT2D eigenvalue weighted by Gasteiger charge is -2.19. The van der Waals surface area contributed by atoms with E-state index >= 15 is 0 Å². The minimum atomic E-state index is -0.172. The average Bonchev–Trinajstić information content (AvgIpc) is 3.42. The van der Waals surface area contributed by atoms with E-state index in [9.17, 15) is 5.11 Å². The van der Waals surface area contributed by atoms with E-state index in [0.717, 1.165) is 22.6 Å². The van der Waals surface area contributed by atoms with E-state index in [1.165, 1.54) is 7.11 Å². The molecule has 3 heterocycles. The van der Waals surface area contributed by atoms with Crippen molar-refractivity contribution in [2.24, 2.45) is 11.8 Å². The molecule has 0 aromatic heterocycles. The number of hydrogen-bond donors (Lipinski definition) is 1. The number of phenols is 1. The van der Waals surface area contributed by atoms with E-state index in [4.69, 9.17) is 28.4 Å². The molecule has 2 saturated heterocycles. The first-order valence-electron chi connectivity index (χ1n) is 9.27. The SMILES string of the molecule is COc1cc(C2OCC3C(c4ccc5c(c4)OCO5)OCC23)cc(O)c1OC. The van der Waals surface area contributed by atoms with Gasteiger partial charge in [-0.05, 0) is 35.4 Å². The first-order valence-corrected chi connectivity index (χ1v) is 9.27. The predicted octanol–water partition coefficient (Wildman–Crippen LogP) is 3.21. The van der Waals surface area contributed by atoms with Gasteiger partial charge >= 0.3 is 0 Å². The van der Waals surface area contributed by atoms with Crippen LogP contribution in [0.4, 0.5) is 0 Å². The number of phenolic OH excluding ortho intramolecular Hbond substituents is 1. The number of hydrogen-bond acceptors (Lipinski definition) is 7. The molecule has 2 aromatic carbocycles. The second-order valence-electron chi connectivity index (χ2n) is 7.22. The molecule has 0 bridgehead atoms. The molecule has 0 saturated carbocycles. The lowest BCUT2D eigenvalue weighted by atomic mass is 9.85. The van der Waals surface area contributed by atoms with Crippen LogP contribution >= 0.6 is 0 Å². The molecule has 5 rings (SSSR count). The summed E-state index contributed by atoms with van der Waals surface area (Å²) in [6.45, 7) is 1.43. The third-order valence-electron chi connectivity index (χ3n) is 5.80. The summed E-state index contributed by atoms with van der Waals surface area (Å²) in [5.41, 5.74) is 1.92. The molecule has 2 fully saturated rings. The Morgan fingerprint density at radius 1 is 0.857 bits per heavy atom. The minimum absolute atomic E-state index is 0.0372. The Morgan fingerprint density at radius 2 is 1.57 bits per heavy atom. The van der Waals surface area contributed by atoms with Crippen LogP contribution in [0.3, 0.4) is 0 Å². The van der Waals surface area contributed by atoms with Crippen molar-refractivity contribution in [3.63, 3.8) is 0 Å². The molecule has 1 N–H and O–H groups in total. The lowest BCUT2D eigenvalue weighted by Crippen LogP contribution is -2.14. The Kier molecular flexibility index (Phi) is 4.21. The van der Waals surface area contributed by atoms with Gasteiger partial charge in [-0.1, -0.05) is 6.07 Å². The highest BCUT2D eigenvalue weighted by molar-refractivity contribution is 5.53. The molecule has 0 spiro atoms. The standard InChI is InChI=1S/C21H22O7/c1-23-18-7-12(5-15(22)21(18)24-2)20-14-9-25-19(13(14)8-26-20)11-3-4-16-17(6-11)28-10-27-16/h3-7,13-14,19-20,22H,8-10H2,1-2H3. The first-order chi connectivity index (χ1) is 13.7. The van der Waals surface area contributed by atoms with E-state index in [1.54, 1.807) is 13.2 Å². The van der Waals surface area contributed by atoms with Crippen molar-refractivity contribution in [1.82, 2.24) is 0 Å². The summed E-state index contributed by atoms with van der Waals surface area (Å²) < 4.78 is 33.8. The van der Waals surface area contributed by atoms with Crippen molar-refractivity contribution in [2.75, 3.05) is 34.2 Å². The van der Waals surface area contributed by atoms with Gasteiger partial charge in [0.1, 0.15) is 0 Å². The first kappa shape index (κ1) is 17.5. The molecule has 0 amide bonds. The fourth-order valence-electron chi connectivity index (χ4n) is 4.45. The molecule has 28 heavy (non-hydrogen) atoms. The molecule has 148 valence electrons. The lowest BCUT2D eigenvalue weighted by molar-refractivity contribution is 0.0191. The molecule has 0 aliphatic carbocycles. The zero-order valence-electron chi connectivity index (χ0n) is 15.7. The second kappa shape index (κ2) is 6.76. The molecular formula is C21H22O7. The van der Waals surface area contributed by atoms with Gasteiger partial charge < -0.3 is 33.5 Å². The van der Waals surface area contributed by atoms with E-state index in [1.807, 2.05) is 24.3 Å². The highest BCUT2D eigenvalue weighted by atomic mass is 16.7. The van der Waals surface area contributed by atoms with Gasteiger partial charge in [-0.25, -0.2) is 0 Å². The second-order valence-corrected chi connectivity index (χ2v) is 7.22. The number of benzene rings is 2. The number of rotatable bonds is 4. The molecule has 2 aromatic rings. The monoisotopic (exact) mass is 386 g/mol. The van der Waals surface area contributed by atoms with Crippen molar-refractivity contribution in [2.45, 2.75) is 12.2 Å². The number of methoxy groups -OCH3 is 2. The molecule has 4 unspecified atom stereocenters. The summed E-state index contributed by atoms with van der Waals surface area (Å²) in [6, 6.07) is 9.48. The molecule has 7 nitrogen and oxygen atoms in total. The van der Waals surface area contributed by atoms with Crippen molar-refractivity contribution < 1.29 is 33.5 Å². The molecule has 4 atom stereocenters. The van der Waals surface area contributed by atoms with Gasteiger partial charge in [-0.15, -0.1) is 0 Å². The zero-order chi connectivity index (χ0) is 19.3. The van der Waals surface area contributed by atoms with Gasteiger partial charge in [0.2, 0.25) is 12.5 Å². The quantitative estimate of drug-likeness (QED) is 0.865. The van der Waals surface area contributed by atoms with E-state index in [-0.39, 0.29) is 36.6 Å². The fraction of sp³-hybridized carbons (Fsp3) is 0.429. The normalized spacial score (nSPS) is 27.6. The summed E-state index contributed by atoms with van der Waals surface area (Å²) in [5, 5.41) is 10.3. The van der Waals surface area contributed by atoms with E-state index in [0.29, 0.717) is 24.7 Å². The Hall–Kier alpha value is -2.64. The molecular weight excluding hydrogens is 364 g/mol. The van der Waals surface area contributed by atoms with Crippen LogP contribution in [0.1, 0.15) is 23.3 Å². The van der Waals surface area contributed by atoms with E-state index in [2.05, 4.69) is 0 Å². The van der Waals surface area contributed by atoms with Gasteiger partial charge in [-0.2, -0.15) is 0 Å². The fourth-order valence-corrected chi connectivity index (χ4v) is 4.45. The van der Waals surface area contributed by atoms with Crippen molar-refractivity contribution in [1.29, 1.82) is 0 Å². The van der Waals surface area contributed by atoms with Crippen LogP contribution in [0.5, 0.6) is 28.7 Å². The molecule has 0 radical (unpaired) electrons. The minimum Gasteiger partial charge on any atom is -0.504 e. The Bertz CT molecular complexity index is 897. The zero-order valence-corrected chi connectivity index (χ0v) is 15.7. The highest BCUT2D eigenvalue weighted by Gasteiger charge is 2.48. The Labute approximate surface area is 162 Å². The summed E-state index contributed by atoms with van der Waals surface area (Å²) in [7, 11) is 3.05. The van der Waals surface area contributed by atoms with Gasteiger partial charge in [-0.3, -0.25) is 0 Å². The predicted molar refractivity (Wildman–Crippen MR) is 98.1 cm³/mol. The number of aromatic hydroxyl groups is 1. The average molecular weight is 386 g/mol. The van der Waals surface area contributed by atoms with Crippen LogP contribution in [0.25, 0.3) is 0 Å². The van der Waals surface area contributed by atoms with Crippen LogP contribution in [-0.2, 0) is 9.47 Å². The maximum absolute atomic E-state index is 10.3. The summed E-state index contributed by atoms with van der Waals surface area (Å²) in [6.07, 6.45) is -0.229. The molecule has 3 aliphatic rings. The third-order valence-corrected chi connectivity index (χ3v) is 5.80. The van der Waals surface area contributed by atoms with Crippen LogP contribution < -0.4 is 18.9 Å². The van der Waals surface area contributed by atoms with Crippen LogP contribution in [0.2, 0.25) is 0 Å². The van der Waals surface area contributed by atoms with Gasteiger partial charge in [0.05, 0.1) is 39.6 Å². The largest absolute Gasteiger partial charge is 0.504 e. The van der Waals surface area contributed by atoms with Crippen LogP contribution in [0, 0.1) is 11.8 Å². The number of fused-ring (bicyclic) bond motifs is 2. The summed E-state index contributed by atoms with van der Waals surface area (Å²) in [5.74, 6) is 2.77.